The second-order valence-corrected chi connectivity index (χ2v) is 5.89. The summed E-state index contributed by atoms with van der Waals surface area (Å²) in [6.45, 7) is 3.17. The minimum absolute atomic E-state index is 0.0493. The number of ether oxygens (including phenoxy) is 2. The maximum Gasteiger partial charge on any atom is 0.338 e. The molecule has 0 heterocycles. The van der Waals surface area contributed by atoms with Gasteiger partial charge in [-0.05, 0) is 43.7 Å². The lowest BCUT2D eigenvalue weighted by atomic mass is 10.2. The SMILES string of the molecule is CCOc1ccc(C(=O)OCC(=O)Nc2cc(Cl)ccc2C)cc1[N+](=O)[O-]. The van der Waals surface area contributed by atoms with Crippen molar-refractivity contribution in [3.8, 4) is 5.75 Å². The van der Waals surface area contributed by atoms with Crippen LogP contribution in [0, 0.1) is 17.0 Å². The molecule has 0 aliphatic heterocycles. The third kappa shape index (κ3) is 5.42. The van der Waals surface area contributed by atoms with Crippen LogP contribution in [-0.2, 0) is 9.53 Å². The monoisotopic (exact) mass is 392 g/mol. The molecule has 0 fully saturated rings. The Balaban J connectivity index is 2.02. The van der Waals surface area contributed by atoms with Gasteiger partial charge in [-0.25, -0.2) is 4.79 Å². The van der Waals surface area contributed by atoms with Gasteiger partial charge in [0.2, 0.25) is 0 Å². The van der Waals surface area contributed by atoms with Gasteiger partial charge < -0.3 is 14.8 Å². The summed E-state index contributed by atoms with van der Waals surface area (Å²) in [7, 11) is 0. The van der Waals surface area contributed by atoms with E-state index < -0.39 is 23.4 Å². The Hall–Kier alpha value is -3.13. The fourth-order valence-corrected chi connectivity index (χ4v) is 2.37. The Kier molecular flexibility index (Phi) is 6.73. The average molecular weight is 393 g/mol. The molecule has 2 rings (SSSR count). The zero-order valence-electron chi connectivity index (χ0n) is 14.7. The minimum atomic E-state index is -0.862. The predicted octanol–water partition coefficient (Wildman–Crippen LogP) is 3.75. The van der Waals surface area contributed by atoms with Gasteiger partial charge >= 0.3 is 11.7 Å². The Morgan fingerprint density at radius 2 is 1.96 bits per heavy atom. The first kappa shape index (κ1) is 20.2. The van der Waals surface area contributed by atoms with E-state index >= 15 is 0 Å². The van der Waals surface area contributed by atoms with Crippen LogP contribution in [0.5, 0.6) is 5.75 Å². The predicted molar refractivity (Wildman–Crippen MR) is 99.4 cm³/mol. The van der Waals surface area contributed by atoms with E-state index in [2.05, 4.69) is 5.32 Å². The van der Waals surface area contributed by atoms with Crippen molar-refractivity contribution in [2.75, 3.05) is 18.5 Å². The number of carbonyl (C=O) groups is 2. The van der Waals surface area contributed by atoms with E-state index in [-0.39, 0.29) is 23.6 Å². The molecule has 0 bridgehead atoms. The van der Waals surface area contributed by atoms with Gasteiger partial charge in [0.15, 0.2) is 12.4 Å². The number of halogens is 1. The van der Waals surface area contributed by atoms with Gasteiger partial charge in [0, 0.05) is 16.8 Å². The summed E-state index contributed by atoms with van der Waals surface area (Å²) in [6, 6.07) is 8.69. The summed E-state index contributed by atoms with van der Waals surface area (Å²) < 4.78 is 10.1. The smallest absolute Gasteiger partial charge is 0.338 e. The fraction of sp³-hybridized carbons (Fsp3) is 0.222. The zero-order chi connectivity index (χ0) is 20.0. The number of aryl methyl sites for hydroxylation is 1. The van der Waals surface area contributed by atoms with Crippen LogP contribution < -0.4 is 10.1 Å². The van der Waals surface area contributed by atoms with Crippen LogP contribution in [0.3, 0.4) is 0 Å². The van der Waals surface area contributed by atoms with E-state index in [1.807, 2.05) is 0 Å². The lowest BCUT2D eigenvalue weighted by Gasteiger charge is -2.10. The number of benzene rings is 2. The third-order valence-corrected chi connectivity index (χ3v) is 3.73. The van der Waals surface area contributed by atoms with Crippen molar-refractivity contribution >= 4 is 34.9 Å². The summed E-state index contributed by atoms with van der Waals surface area (Å²) in [5, 5.41) is 14.1. The first-order valence-electron chi connectivity index (χ1n) is 7.96. The molecule has 27 heavy (non-hydrogen) atoms. The second-order valence-electron chi connectivity index (χ2n) is 5.46. The van der Waals surface area contributed by atoms with E-state index in [1.165, 1.54) is 12.1 Å². The number of anilines is 1. The molecule has 0 unspecified atom stereocenters. The molecule has 0 spiro atoms. The van der Waals surface area contributed by atoms with Crippen LogP contribution in [0.4, 0.5) is 11.4 Å². The number of esters is 1. The Labute approximate surface area is 160 Å². The molecule has 142 valence electrons. The highest BCUT2D eigenvalue weighted by molar-refractivity contribution is 6.31. The van der Waals surface area contributed by atoms with E-state index in [1.54, 1.807) is 32.0 Å². The van der Waals surface area contributed by atoms with Crippen LogP contribution in [0.25, 0.3) is 0 Å². The lowest BCUT2D eigenvalue weighted by molar-refractivity contribution is -0.385. The number of hydrogen-bond acceptors (Lipinski definition) is 6. The van der Waals surface area contributed by atoms with Crippen LogP contribution in [0.15, 0.2) is 36.4 Å². The summed E-state index contributed by atoms with van der Waals surface area (Å²) in [5.74, 6) is -1.37. The number of nitrogens with one attached hydrogen (secondary N) is 1. The maximum atomic E-state index is 12.1. The van der Waals surface area contributed by atoms with Crippen molar-refractivity contribution in [1.29, 1.82) is 0 Å². The molecule has 9 heteroatoms. The number of rotatable bonds is 7. The quantitative estimate of drug-likeness (QED) is 0.436. The Bertz CT molecular complexity index is 884. The van der Waals surface area contributed by atoms with Gasteiger partial charge in [0.25, 0.3) is 5.91 Å². The highest BCUT2D eigenvalue weighted by atomic mass is 35.5. The molecule has 8 nitrogen and oxygen atoms in total. The van der Waals surface area contributed by atoms with Gasteiger partial charge in [-0.15, -0.1) is 0 Å². The molecule has 1 N–H and O–H groups in total. The molecule has 0 radical (unpaired) electrons. The third-order valence-electron chi connectivity index (χ3n) is 3.50. The van der Waals surface area contributed by atoms with E-state index in [0.717, 1.165) is 11.6 Å². The number of nitrogens with zero attached hydrogens (tertiary/aromatic N) is 1. The number of nitro benzene ring substituents is 1. The van der Waals surface area contributed by atoms with Crippen molar-refractivity contribution in [3.63, 3.8) is 0 Å². The first-order chi connectivity index (χ1) is 12.8. The molecular weight excluding hydrogens is 376 g/mol. The zero-order valence-corrected chi connectivity index (χ0v) is 15.4. The average Bonchev–Trinajstić information content (AvgIpc) is 2.63. The summed E-state index contributed by atoms with van der Waals surface area (Å²) in [6.07, 6.45) is 0. The summed E-state index contributed by atoms with van der Waals surface area (Å²) in [5.41, 5.74) is 0.878. The topological polar surface area (TPSA) is 108 Å². The number of nitro groups is 1. The number of hydrogen-bond donors (Lipinski definition) is 1. The maximum absolute atomic E-state index is 12.1. The van der Waals surface area contributed by atoms with Crippen molar-refractivity contribution in [3.05, 3.63) is 62.7 Å². The van der Waals surface area contributed by atoms with Crippen LogP contribution in [0.2, 0.25) is 5.02 Å². The van der Waals surface area contributed by atoms with Crippen molar-refractivity contribution < 1.29 is 24.0 Å². The van der Waals surface area contributed by atoms with Gasteiger partial charge in [0.1, 0.15) is 0 Å². The van der Waals surface area contributed by atoms with Crippen molar-refractivity contribution in [2.45, 2.75) is 13.8 Å². The highest BCUT2D eigenvalue weighted by Gasteiger charge is 2.20. The fourth-order valence-electron chi connectivity index (χ4n) is 2.19. The van der Waals surface area contributed by atoms with Gasteiger partial charge in [-0.2, -0.15) is 0 Å². The first-order valence-corrected chi connectivity index (χ1v) is 8.34. The number of amides is 1. The summed E-state index contributed by atoms with van der Waals surface area (Å²) >= 11 is 5.88. The molecule has 0 aliphatic carbocycles. The van der Waals surface area contributed by atoms with Crippen molar-refractivity contribution in [2.24, 2.45) is 0 Å². The molecule has 0 saturated carbocycles. The molecule has 0 aliphatic rings. The largest absolute Gasteiger partial charge is 0.487 e. The van der Waals surface area contributed by atoms with Gasteiger partial charge in [-0.1, -0.05) is 17.7 Å². The molecule has 1 amide bonds. The molecule has 2 aromatic rings. The standard InChI is InChI=1S/C18H17ClN2O6/c1-3-26-16-7-5-12(8-15(16)21(24)25)18(23)27-10-17(22)20-14-9-13(19)6-4-11(14)2/h4-9H,3,10H2,1-2H3,(H,20,22). The Morgan fingerprint density at radius 3 is 2.63 bits per heavy atom. The lowest BCUT2D eigenvalue weighted by Crippen LogP contribution is -2.21. The Morgan fingerprint density at radius 1 is 1.22 bits per heavy atom. The second kappa shape index (κ2) is 9.00. The van der Waals surface area contributed by atoms with Crippen LogP contribution >= 0.6 is 11.6 Å². The molecule has 0 aromatic heterocycles. The van der Waals surface area contributed by atoms with Crippen LogP contribution in [0.1, 0.15) is 22.8 Å². The number of carbonyl (C=O) groups excluding carboxylic acids is 2. The van der Waals surface area contributed by atoms with E-state index in [9.17, 15) is 19.7 Å². The van der Waals surface area contributed by atoms with Crippen molar-refractivity contribution in [1.82, 2.24) is 0 Å². The molecular formula is C18H17ClN2O6. The van der Waals surface area contributed by atoms with E-state index in [4.69, 9.17) is 21.1 Å². The summed E-state index contributed by atoms with van der Waals surface area (Å²) in [4.78, 5) is 34.5. The van der Waals surface area contributed by atoms with Gasteiger partial charge in [-0.3, -0.25) is 14.9 Å². The minimum Gasteiger partial charge on any atom is -0.487 e. The molecule has 2 aromatic carbocycles. The van der Waals surface area contributed by atoms with E-state index in [0.29, 0.717) is 10.7 Å². The molecule has 0 atom stereocenters. The molecule has 0 saturated heterocycles. The van der Waals surface area contributed by atoms with Gasteiger partial charge in [0.05, 0.1) is 17.1 Å². The highest BCUT2D eigenvalue weighted by Crippen LogP contribution is 2.28. The normalized spacial score (nSPS) is 10.2. The van der Waals surface area contributed by atoms with Crippen LogP contribution in [-0.4, -0.2) is 30.0 Å².